The Labute approximate surface area is 190 Å². The number of benzene rings is 2. The molecule has 4 rings (SSSR count). The molecule has 0 radical (unpaired) electrons. The number of unbranched alkanes of at least 4 members (excludes halogenated alkanes) is 2. The standard InChI is InChI=1S/C27H32N2O3/c1-4-5-8-17-29-26(30)24(21-13-15-22(16-14-21)32-19(2)3)25(27(29)31)28-18-9-11-20-10-6-7-12-23(20)28/h6-7,10,12-16,19H,4-5,8-9,11,17-18H2,1-3H3. The molecular weight excluding hydrogens is 400 g/mol. The number of carbonyl (C=O) groups is 2. The van der Waals surface area contributed by atoms with E-state index in [4.69, 9.17) is 4.74 Å². The summed E-state index contributed by atoms with van der Waals surface area (Å²) in [6.07, 6.45) is 4.87. The number of aryl methyl sites for hydroxylation is 1. The maximum Gasteiger partial charge on any atom is 0.278 e. The number of hydrogen-bond donors (Lipinski definition) is 0. The fourth-order valence-corrected chi connectivity index (χ4v) is 4.54. The van der Waals surface area contributed by atoms with Gasteiger partial charge in [-0.2, -0.15) is 0 Å². The highest BCUT2D eigenvalue weighted by Crippen LogP contribution is 2.38. The van der Waals surface area contributed by atoms with Crippen LogP contribution in [0.1, 0.15) is 57.6 Å². The van der Waals surface area contributed by atoms with Crippen molar-refractivity contribution < 1.29 is 14.3 Å². The molecule has 0 spiro atoms. The molecule has 2 aromatic rings. The predicted molar refractivity (Wildman–Crippen MR) is 127 cm³/mol. The Bertz CT molecular complexity index is 1020. The minimum absolute atomic E-state index is 0.0734. The van der Waals surface area contributed by atoms with E-state index >= 15 is 0 Å². The summed E-state index contributed by atoms with van der Waals surface area (Å²) in [6.45, 7) is 7.27. The SMILES string of the molecule is CCCCCN1C(=O)C(c2ccc(OC(C)C)cc2)=C(N2CCCc3ccccc32)C1=O. The molecule has 0 saturated heterocycles. The molecule has 2 aromatic carbocycles. The normalized spacial score (nSPS) is 16.2. The average Bonchev–Trinajstić information content (AvgIpc) is 3.03. The van der Waals surface area contributed by atoms with Gasteiger partial charge in [-0.15, -0.1) is 0 Å². The summed E-state index contributed by atoms with van der Waals surface area (Å²) in [5.41, 5.74) is 4.02. The number of carbonyl (C=O) groups excluding carboxylic acids is 2. The first kappa shape index (κ1) is 22.1. The largest absolute Gasteiger partial charge is 0.491 e. The van der Waals surface area contributed by atoms with Gasteiger partial charge in [0.25, 0.3) is 11.8 Å². The van der Waals surface area contributed by atoms with Crippen LogP contribution in [0.5, 0.6) is 5.75 Å². The number of ether oxygens (including phenoxy) is 1. The van der Waals surface area contributed by atoms with Gasteiger partial charge in [-0.25, -0.2) is 0 Å². The molecule has 0 unspecified atom stereocenters. The summed E-state index contributed by atoms with van der Waals surface area (Å²) in [4.78, 5) is 30.6. The molecule has 0 atom stereocenters. The Morgan fingerprint density at radius 3 is 2.44 bits per heavy atom. The lowest BCUT2D eigenvalue weighted by molar-refractivity contribution is -0.137. The van der Waals surface area contributed by atoms with Gasteiger partial charge < -0.3 is 9.64 Å². The van der Waals surface area contributed by atoms with Crippen molar-refractivity contribution in [3.63, 3.8) is 0 Å². The van der Waals surface area contributed by atoms with E-state index in [2.05, 4.69) is 24.0 Å². The van der Waals surface area contributed by atoms with Crippen LogP contribution in [-0.2, 0) is 16.0 Å². The Balaban J connectivity index is 1.77. The molecular formula is C27H32N2O3. The maximum absolute atomic E-state index is 13.6. The van der Waals surface area contributed by atoms with Crippen LogP contribution in [0, 0.1) is 0 Å². The number of imide groups is 1. The summed E-state index contributed by atoms with van der Waals surface area (Å²) < 4.78 is 5.77. The van der Waals surface area contributed by atoms with Crippen molar-refractivity contribution in [1.82, 2.24) is 4.90 Å². The number of para-hydroxylation sites is 1. The Hall–Kier alpha value is -3.08. The van der Waals surface area contributed by atoms with E-state index in [1.807, 2.05) is 50.2 Å². The van der Waals surface area contributed by atoms with Crippen LogP contribution in [0.2, 0.25) is 0 Å². The summed E-state index contributed by atoms with van der Waals surface area (Å²) in [7, 11) is 0. The Kier molecular flexibility index (Phi) is 6.63. The van der Waals surface area contributed by atoms with Crippen molar-refractivity contribution >= 4 is 23.1 Å². The van der Waals surface area contributed by atoms with E-state index in [0.29, 0.717) is 17.8 Å². The van der Waals surface area contributed by atoms with Crippen molar-refractivity contribution in [2.75, 3.05) is 18.0 Å². The van der Waals surface area contributed by atoms with Gasteiger partial charge in [0, 0.05) is 18.8 Å². The quantitative estimate of drug-likeness (QED) is 0.425. The van der Waals surface area contributed by atoms with E-state index in [1.165, 1.54) is 10.5 Å². The number of hydrogen-bond acceptors (Lipinski definition) is 4. The van der Waals surface area contributed by atoms with Crippen LogP contribution < -0.4 is 9.64 Å². The molecule has 2 aliphatic rings. The monoisotopic (exact) mass is 432 g/mol. The first-order chi connectivity index (χ1) is 15.5. The smallest absolute Gasteiger partial charge is 0.278 e. The van der Waals surface area contributed by atoms with Crippen LogP contribution in [0.15, 0.2) is 54.2 Å². The number of nitrogens with zero attached hydrogens (tertiary/aromatic N) is 2. The third-order valence-electron chi connectivity index (χ3n) is 6.02. The number of fused-ring (bicyclic) bond motifs is 1. The molecule has 0 N–H and O–H groups in total. The molecule has 0 aliphatic carbocycles. The van der Waals surface area contributed by atoms with Crippen molar-refractivity contribution in [3.8, 4) is 5.75 Å². The third-order valence-corrected chi connectivity index (χ3v) is 6.02. The summed E-state index contributed by atoms with van der Waals surface area (Å²) in [5, 5.41) is 0. The molecule has 5 nitrogen and oxygen atoms in total. The zero-order chi connectivity index (χ0) is 22.7. The summed E-state index contributed by atoms with van der Waals surface area (Å²) in [6, 6.07) is 15.7. The van der Waals surface area contributed by atoms with Crippen LogP contribution in [0.4, 0.5) is 5.69 Å². The molecule has 5 heteroatoms. The Morgan fingerprint density at radius 2 is 1.72 bits per heavy atom. The van der Waals surface area contributed by atoms with Crippen molar-refractivity contribution in [2.24, 2.45) is 0 Å². The minimum Gasteiger partial charge on any atom is -0.491 e. The molecule has 2 heterocycles. The fraction of sp³-hybridized carbons (Fsp3) is 0.407. The van der Waals surface area contributed by atoms with Gasteiger partial charge >= 0.3 is 0 Å². The molecule has 0 bridgehead atoms. The molecule has 2 aliphatic heterocycles. The highest BCUT2D eigenvalue weighted by Gasteiger charge is 2.42. The number of amides is 2. The fourth-order valence-electron chi connectivity index (χ4n) is 4.54. The van der Waals surface area contributed by atoms with Crippen molar-refractivity contribution in [1.29, 1.82) is 0 Å². The van der Waals surface area contributed by atoms with E-state index in [9.17, 15) is 9.59 Å². The van der Waals surface area contributed by atoms with Gasteiger partial charge in [-0.05, 0) is 62.4 Å². The van der Waals surface area contributed by atoms with Crippen molar-refractivity contribution in [2.45, 2.75) is 59.0 Å². The summed E-state index contributed by atoms with van der Waals surface area (Å²) >= 11 is 0. The molecule has 168 valence electrons. The first-order valence-electron chi connectivity index (χ1n) is 11.7. The van der Waals surface area contributed by atoms with Gasteiger partial charge in [0.2, 0.25) is 0 Å². The van der Waals surface area contributed by atoms with Gasteiger partial charge in [0.15, 0.2) is 0 Å². The predicted octanol–water partition coefficient (Wildman–Crippen LogP) is 5.20. The second-order valence-corrected chi connectivity index (χ2v) is 8.77. The number of anilines is 1. The Morgan fingerprint density at radius 1 is 0.969 bits per heavy atom. The lowest BCUT2D eigenvalue weighted by atomic mass is 9.98. The van der Waals surface area contributed by atoms with Crippen LogP contribution >= 0.6 is 0 Å². The van der Waals surface area contributed by atoms with E-state index in [-0.39, 0.29) is 17.9 Å². The van der Waals surface area contributed by atoms with Crippen LogP contribution in [0.25, 0.3) is 5.57 Å². The average molecular weight is 433 g/mol. The molecule has 0 aromatic heterocycles. The van der Waals surface area contributed by atoms with Gasteiger partial charge in [-0.3, -0.25) is 14.5 Å². The highest BCUT2D eigenvalue weighted by molar-refractivity contribution is 6.36. The first-order valence-corrected chi connectivity index (χ1v) is 11.7. The topological polar surface area (TPSA) is 49.9 Å². The third kappa shape index (κ3) is 4.29. The van der Waals surface area contributed by atoms with Gasteiger partial charge in [0.05, 0.1) is 11.7 Å². The van der Waals surface area contributed by atoms with E-state index in [0.717, 1.165) is 55.6 Å². The molecule has 0 fully saturated rings. The van der Waals surface area contributed by atoms with Crippen LogP contribution in [-0.4, -0.2) is 35.9 Å². The molecule has 2 amide bonds. The van der Waals surface area contributed by atoms with Crippen molar-refractivity contribution in [3.05, 3.63) is 65.4 Å². The second kappa shape index (κ2) is 9.60. The maximum atomic E-state index is 13.6. The second-order valence-electron chi connectivity index (χ2n) is 8.77. The lowest BCUT2D eigenvalue weighted by Crippen LogP contribution is -2.37. The van der Waals surface area contributed by atoms with Gasteiger partial charge in [-0.1, -0.05) is 50.1 Å². The minimum atomic E-state index is -0.193. The molecule has 32 heavy (non-hydrogen) atoms. The highest BCUT2D eigenvalue weighted by atomic mass is 16.5. The molecule has 0 saturated carbocycles. The zero-order valence-corrected chi connectivity index (χ0v) is 19.3. The lowest BCUT2D eigenvalue weighted by Gasteiger charge is -2.32. The van der Waals surface area contributed by atoms with Gasteiger partial charge in [0.1, 0.15) is 11.4 Å². The number of rotatable bonds is 8. The van der Waals surface area contributed by atoms with E-state index < -0.39 is 0 Å². The van der Waals surface area contributed by atoms with Crippen LogP contribution in [0.3, 0.4) is 0 Å². The van der Waals surface area contributed by atoms with E-state index in [1.54, 1.807) is 0 Å². The summed E-state index contributed by atoms with van der Waals surface area (Å²) in [5.74, 6) is 0.382. The zero-order valence-electron chi connectivity index (χ0n) is 19.3.